The summed E-state index contributed by atoms with van der Waals surface area (Å²) in [6.45, 7) is 1.31. The molecule has 0 aliphatic carbocycles. The largest absolute Gasteiger partial charge is 0.489 e. The van der Waals surface area contributed by atoms with Gasteiger partial charge in [-0.2, -0.15) is 8.78 Å². The lowest BCUT2D eigenvalue weighted by molar-refractivity contribution is -0.384. The second kappa shape index (κ2) is 5.63. The van der Waals surface area contributed by atoms with Crippen LogP contribution in [0.4, 0.5) is 14.5 Å². The molecule has 0 saturated carbocycles. The number of nitrogens with zero attached hydrogens (tertiary/aromatic N) is 1. The Labute approximate surface area is 118 Å². The van der Waals surface area contributed by atoms with Gasteiger partial charge in [-0.05, 0) is 18.6 Å². The SMILES string of the molecule is CCOC(=O)C(F)(F)CC1Cc2ccc([N+](=O)[O-])cc2O1. The average molecular weight is 301 g/mol. The van der Waals surface area contributed by atoms with Gasteiger partial charge in [0.25, 0.3) is 5.69 Å². The van der Waals surface area contributed by atoms with E-state index in [1.807, 2.05) is 0 Å². The second-order valence-corrected chi connectivity index (χ2v) is 4.62. The van der Waals surface area contributed by atoms with Crippen LogP contribution in [0.1, 0.15) is 18.9 Å². The zero-order chi connectivity index (χ0) is 15.6. The van der Waals surface area contributed by atoms with E-state index in [0.29, 0.717) is 5.56 Å². The lowest BCUT2D eigenvalue weighted by Crippen LogP contribution is -2.36. The molecule has 1 aliphatic rings. The quantitative estimate of drug-likeness (QED) is 0.474. The summed E-state index contributed by atoms with van der Waals surface area (Å²) in [5.41, 5.74) is 0.428. The molecule has 1 aromatic rings. The monoisotopic (exact) mass is 301 g/mol. The summed E-state index contributed by atoms with van der Waals surface area (Å²) >= 11 is 0. The maximum absolute atomic E-state index is 13.6. The predicted octanol–water partition coefficient (Wildman–Crippen LogP) is 2.49. The number of esters is 1. The summed E-state index contributed by atoms with van der Waals surface area (Å²) in [6.07, 6.45) is -1.57. The topological polar surface area (TPSA) is 78.7 Å². The number of fused-ring (bicyclic) bond motifs is 1. The Morgan fingerprint density at radius 1 is 1.57 bits per heavy atom. The maximum atomic E-state index is 13.6. The van der Waals surface area contributed by atoms with Gasteiger partial charge in [-0.25, -0.2) is 4.79 Å². The van der Waals surface area contributed by atoms with Gasteiger partial charge in [0.1, 0.15) is 11.9 Å². The van der Waals surface area contributed by atoms with Crippen molar-refractivity contribution < 1.29 is 28.0 Å². The van der Waals surface area contributed by atoms with Crippen LogP contribution in [-0.2, 0) is 16.0 Å². The zero-order valence-electron chi connectivity index (χ0n) is 11.2. The highest BCUT2D eigenvalue weighted by atomic mass is 19.3. The molecule has 1 heterocycles. The van der Waals surface area contributed by atoms with Gasteiger partial charge in [-0.15, -0.1) is 0 Å². The highest BCUT2D eigenvalue weighted by molar-refractivity contribution is 5.77. The van der Waals surface area contributed by atoms with Gasteiger partial charge < -0.3 is 9.47 Å². The molecule has 0 amide bonds. The summed E-state index contributed by atoms with van der Waals surface area (Å²) in [7, 11) is 0. The minimum Gasteiger partial charge on any atom is -0.489 e. The molecule has 1 unspecified atom stereocenters. The Kier molecular flexibility index (Phi) is 4.06. The Morgan fingerprint density at radius 2 is 2.29 bits per heavy atom. The summed E-state index contributed by atoms with van der Waals surface area (Å²) in [5.74, 6) is -5.03. The Hall–Kier alpha value is -2.25. The van der Waals surface area contributed by atoms with Crippen molar-refractivity contribution in [2.45, 2.75) is 31.8 Å². The lowest BCUT2D eigenvalue weighted by Gasteiger charge is -2.18. The molecule has 1 aliphatic heterocycles. The number of ether oxygens (including phenoxy) is 2. The van der Waals surface area contributed by atoms with E-state index in [9.17, 15) is 23.7 Å². The smallest absolute Gasteiger partial charge is 0.377 e. The highest BCUT2D eigenvalue weighted by Crippen LogP contribution is 2.36. The fourth-order valence-corrected chi connectivity index (χ4v) is 2.12. The number of carbonyl (C=O) groups excluding carboxylic acids is 1. The number of hydrogen-bond acceptors (Lipinski definition) is 5. The molecular formula is C13H13F2NO5. The van der Waals surface area contributed by atoms with E-state index in [1.165, 1.54) is 25.1 Å². The standard InChI is InChI=1S/C13H13F2NO5/c1-2-20-12(17)13(14,15)7-10-5-8-3-4-9(16(18)19)6-11(8)21-10/h3-4,6,10H,2,5,7H2,1H3. The molecule has 8 heteroatoms. The van der Waals surface area contributed by atoms with Crippen molar-refractivity contribution in [3.63, 3.8) is 0 Å². The van der Waals surface area contributed by atoms with E-state index in [-0.39, 0.29) is 24.5 Å². The van der Waals surface area contributed by atoms with Crippen LogP contribution in [0.25, 0.3) is 0 Å². The number of halogens is 2. The van der Waals surface area contributed by atoms with Crippen molar-refractivity contribution in [2.24, 2.45) is 0 Å². The summed E-state index contributed by atoms with van der Waals surface area (Å²) in [6, 6.07) is 3.95. The molecule has 0 saturated heterocycles. The highest BCUT2D eigenvalue weighted by Gasteiger charge is 2.44. The van der Waals surface area contributed by atoms with Crippen LogP contribution in [0.15, 0.2) is 18.2 Å². The van der Waals surface area contributed by atoms with Gasteiger partial charge in [0.2, 0.25) is 0 Å². The van der Waals surface area contributed by atoms with Crippen molar-refractivity contribution >= 4 is 11.7 Å². The van der Waals surface area contributed by atoms with Crippen LogP contribution < -0.4 is 4.74 Å². The first-order valence-electron chi connectivity index (χ1n) is 6.32. The van der Waals surface area contributed by atoms with E-state index in [2.05, 4.69) is 4.74 Å². The predicted molar refractivity (Wildman–Crippen MR) is 67.4 cm³/mol. The molecule has 0 spiro atoms. The van der Waals surface area contributed by atoms with Crippen LogP contribution in [0.5, 0.6) is 5.75 Å². The van der Waals surface area contributed by atoms with Gasteiger partial charge in [0, 0.05) is 12.5 Å². The third-order valence-corrected chi connectivity index (χ3v) is 3.06. The molecule has 6 nitrogen and oxygen atoms in total. The Balaban J connectivity index is 2.06. The first kappa shape index (κ1) is 15.1. The molecule has 1 aromatic carbocycles. The van der Waals surface area contributed by atoms with E-state index in [1.54, 1.807) is 0 Å². The van der Waals surface area contributed by atoms with Gasteiger partial charge in [-0.3, -0.25) is 10.1 Å². The minimum absolute atomic E-state index is 0.133. The second-order valence-electron chi connectivity index (χ2n) is 4.62. The zero-order valence-corrected chi connectivity index (χ0v) is 11.2. The van der Waals surface area contributed by atoms with Gasteiger partial charge in [0.05, 0.1) is 24.0 Å². The van der Waals surface area contributed by atoms with Crippen LogP contribution in [0.3, 0.4) is 0 Å². The summed E-state index contributed by atoms with van der Waals surface area (Å²) in [4.78, 5) is 21.2. The number of hydrogen-bond donors (Lipinski definition) is 0. The number of nitro groups is 1. The van der Waals surface area contributed by atoms with Crippen molar-refractivity contribution in [1.29, 1.82) is 0 Å². The van der Waals surface area contributed by atoms with Gasteiger partial charge in [0.15, 0.2) is 0 Å². The van der Waals surface area contributed by atoms with E-state index in [4.69, 9.17) is 4.74 Å². The molecule has 114 valence electrons. The number of nitro benzene ring substituents is 1. The molecule has 0 radical (unpaired) electrons. The molecule has 0 N–H and O–H groups in total. The van der Waals surface area contributed by atoms with E-state index < -0.39 is 29.3 Å². The average Bonchev–Trinajstić information content (AvgIpc) is 2.78. The molecule has 0 bridgehead atoms. The van der Waals surface area contributed by atoms with Crippen LogP contribution >= 0.6 is 0 Å². The molecule has 1 atom stereocenters. The number of alkyl halides is 2. The van der Waals surface area contributed by atoms with Crippen molar-refractivity contribution in [1.82, 2.24) is 0 Å². The third-order valence-electron chi connectivity index (χ3n) is 3.06. The number of non-ortho nitro benzene ring substituents is 1. The van der Waals surface area contributed by atoms with Crippen molar-refractivity contribution in [3.8, 4) is 5.75 Å². The van der Waals surface area contributed by atoms with Crippen LogP contribution in [-0.4, -0.2) is 29.5 Å². The van der Waals surface area contributed by atoms with Gasteiger partial charge in [-0.1, -0.05) is 0 Å². The normalized spacial score (nSPS) is 17.0. The summed E-state index contributed by atoms with van der Waals surface area (Å²) < 4.78 is 36.8. The molecule has 0 fully saturated rings. The summed E-state index contributed by atoms with van der Waals surface area (Å²) in [5, 5.41) is 10.6. The molecular weight excluding hydrogens is 288 g/mol. The van der Waals surface area contributed by atoms with Crippen molar-refractivity contribution in [3.05, 3.63) is 33.9 Å². The molecule has 0 aromatic heterocycles. The number of rotatable bonds is 5. The van der Waals surface area contributed by atoms with Crippen LogP contribution in [0, 0.1) is 10.1 Å². The fourth-order valence-electron chi connectivity index (χ4n) is 2.12. The maximum Gasteiger partial charge on any atom is 0.377 e. The minimum atomic E-state index is -3.64. The first-order valence-corrected chi connectivity index (χ1v) is 6.32. The Bertz CT molecular complexity index is 576. The fraction of sp³-hybridized carbons (Fsp3) is 0.462. The molecule has 21 heavy (non-hydrogen) atoms. The Morgan fingerprint density at radius 3 is 2.90 bits per heavy atom. The first-order chi connectivity index (χ1) is 9.83. The lowest BCUT2D eigenvalue weighted by atomic mass is 10.0. The number of benzene rings is 1. The van der Waals surface area contributed by atoms with Crippen LogP contribution in [0.2, 0.25) is 0 Å². The van der Waals surface area contributed by atoms with Crippen molar-refractivity contribution in [2.75, 3.05) is 6.61 Å². The molecule has 2 rings (SSSR count). The van der Waals surface area contributed by atoms with E-state index >= 15 is 0 Å². The third kappa shape index (κ3) is 3.26. The van der Waals surface area contributed by atoms with E-state index in [0.717, 1.165) is 0 Å². The number of carbonyl (C=O) groups is 1. The van der Waals surface area contributed by atoms with Gasteiger partial charge >= 0.3 is 11.9 Å².